The Bertz CT molecular complexity index is 315. The molecule has 17 heavy (non-hydrogen) atoms. The van der Waals surface area contributed by atoms with Gasteiger partial charge in [0.05, 0.1) is 12.5 Å². The van der Waals surface area contributed by atoms with Crippen LogP contribution in [0.3, 0.4) is 0 Å². The van der Waals surface area contributed by atoms with Gasteiger partial charge in [0.2, 0.25) is 5.91 Å². The number of carboxylic acids is 1. The van der Waals surface area contributed by atoms with Crippen molar-refractivity contribution in [1.82, 2.24) is 4.90 Å². The van der Waals surface area contributed by atoms with Gasteiger partial charge >= 0.3 is 11.9 Å². The molecule has 1 amide bonds. The number of hydrogen-bond acceptors (Lipinski definition) is 4. The smallest absolute Gasteiger partial charge is 0.311 e. The highest BCUT2D eigenvalue weighted by molar-refractivity contribution is 5.86. The van der Waals surface area contributed by atoms with Crippen molar-refractivity contribution in [1.29, 1.82) is 0 Å². The van der Waals surface area contributed by atoms with E-state index in [4.69, 9.17) is 9.84 Å². The van der Waals surface area contributed by atoms with Crippen LogP contribution < -0.4 is 0 Å². The van der Waals surface area contributed by atoms with Gasteiger partial charge in [-0.1, -0.05) is 0 Å². The quantitative estimate of drug-likeness (QED) is 0.676. The third-order valence-corrected chi connectivity index (χ3v) is 2.65. The molecule has 1 N–H and O–H groups in total. The number of esters is 1. The normalized spacial score (nSPS) is 19.5. The van der Waals surface area contributed by atoms with E-state index in [9.17, 15) is 14.4 Å². The number of aliphatic carboxylic acids is 1. The summed E-state index contributed by atoms with van der Waals surface area (Å²) in [5.41, 5.74) is 0. The molecular weight excluding hydrogens is 226 g/mol. The van der Waals surface area contributed by atoms with E-state index in [0.29, 0.717) is 26.1 Å². The maximum Gasteiger partial charge on any atom is 0.311 e. The van der Waals surface area contributed by atoms with Crippen molar-refractivity contribution < 1.29 is 24.2 Å². The van der Waals surface area contributed by atoms with Crippen LogP contribution in [-0.4, -0.2) is 47.5 Å². The lowest BCUT2D eigenvalue weighted by Gasteiger charge is -2.15. The average molecular weight is 243 g/mol. The standard InChI is InChI=1S/C11H17NO5/c1-2-17-11(16)8-6-9(13)12(7-8)5-3-4-10(14)15/h8H,2-7H2,1H3,(H,14,15). The van der Waals surface area contributed by atoms with E-state index in [1.165, 1.54) is 4.90 Å². The lowest BCUT2D eigenvalue weighted by molar-refractivity contribution is -0.147. The molecule has 0 bridgehead atoms. The molecular formula is C11H17NO5. The van der Waals surface area contributed by atoms with Crippen LogP contribution >= 0.6 is 0 Å². The Morgan fingerprint density at radius 2 is 2.24 bits per heavy atom. The molecule has 1 atom stereocenters. The molecule has 6 heteroatoms. The zero-order valence-electron chi connectivity index (χ0n) is 9.85. The molecule has 0 aromatic rings. The van der Waals surface area contributed by atoms with Crippen LogP contribution in [0.4, 0.5) is 0 Å². The Morgan fingerprint density at radius 1 is 1.53 bits per heavy atom. The third-order valence-electron chi connectivity index (χ3n) is 2.65. The molecule has 1 unspecified atom stereocenters. The predicted octanol–water partition coefficient (Wildman–Crippen LogP) is 0.263. The lowest BCUT2D eigenvalue weighted by Crippen LogP contribution is -2.28. The molecule has 1 aliphatic heterocycles. The predicted molar refractivity (Wildman–Crippen MR) is 58.2 cm³/mol. The largest absolute Gasteiger partial charge is 0.481 e. The fourth-order valence-electron chi connectivity index (χ4n) is 1.83. The van der Waals surface area contributed by atoms with Crippen molar-refractivity contribution in [2.45, 2.75) is 26.2 Å². The second kappa shape index (κ2) is 6.22. The molecule has 0 spiro atoms. The minimum absolute atomic E-state index is 0.0356. The van der Waals surface area contributed by atoms with E-state index < -0.39 is 11.9 Å². The Labute approximate surface area is 99.5 Å². The van der Waals surface area contributed by atoms with Crippen LogP contribution in [0.5, 0.6) is 0 Å². The highest BCUT2D eigenvalue weighted by Gasteiger charge is 2.34. The second-order valence-corrected chi connectivity index (χ2v) is 3.99. The summed E-state index contributed by atoms with van der Waals surface area (Å²) in [5.74, 6) is -1.72. The Morgan fingerprint density at radius 3 is 2.82 bits per heavy atom. The summed E-state index contributed by atoms with van der Waals surface area (Å²) in [5, 5.41) is 8.49. The Kier molecular flexibility index (Phi) is 4.93. The molecule has 0 saturated carbocycles. The fourth-order valence-corrected chi connectivity index (χ4v) is 1.83. The molecule has 1 fully saturated rings. The first-order chi connectivity index (χ1) is 8.04. The van der Waals surface area contributed by atoms with E-state index in [-0.39, 0.29) is 24.7 Å². The molecule has 0 aromatic heterocycles. The molecule has 1 rings (SSSR count). The van der Waals surface area contributed by atoms with Crippen LogP contribution in [-0.2, 0) is 19.1 Å². The van der Waals surface area contributed by atoms with E-state index >= 15 is 0 Å². The summed E-state index contributed by atoms with van der Waals surface area (Å²) in [6.45, 7) is 2.76. The number of carbonyl (C=O) groups excluding carboxylic acids is 2. The van der Waals surface area contributed by atoms with E-state index in [1.807, 2.05) is 0 Å². The first-order valence-electron chi connectivity index (χ1n) is 5.70. The van der Waals surface area contributed by atoms with Crippen molar-refractivity contribution in [2.75, 3.05) is 19.7 Å². The monoisotopic (exact) mass is 243 g/mol. The number of amides is 1. The van der Waals surface area contributed by atoms with Crippen LogP contribution in [0.25, 0.3) is 0 Å². The van der Waals surface area contributed by atoms with Crippen LogP contribution in [0.1, 0.15) is 26.2 Å². The Balaban J connectivity index is 2.36. The number of rotatable bonds is 6. The summed E-state index contributed by atoms with van der Waals surface area (Å²) < 4.78 is 4.85. The van der Waals surface area contributed by atoms with Gasteiger partial charge in [-0.05, 0) is 13.3 Å². The van der Waals surface area contributed by atoms with Crippen LogP contribution in [0, 0.1) is 5.92 Å². The highest BCUT2D eigenvalue weighted by atomic mass is 16.5. The summed E-state index contributed by atoms with van der Waals surface area (Å²) >= 11 is 0. The highest BCUT2D eigenvalue weighted by Crippen LogP contribution is 2.19. The zero-order valence-corrected chi connectivity index (χ0v) is 9.85. The molecule has 0 aromatic carbocycles. The van der Waals surface area contributed by atoms with Crippen molar-refractivity contribution in [3.05, 3.63) is 0 Å². The van der Waals surface area contributed by atoms with Gasteiger partial charge in [-0.15, -0.1) is 0 Å². The number of ether oxygens (including phenoxy) is 1. The zero-order chi connectivity index (χ0) is 12.8. The first-order valence-corrected chi connectivity index (χ1v) is 5.70. The summed E-state index contributed by atoms with van der Waals surface area (Å²) in [7, 11) is 0. The first kappa shape index (κ1) is 13.5. The summed E-state index contributed by atoms with van der Waals surface area (Å²) in [6.07, 6.45) is 0.621. The average Bonchev–Trinajstić information content (AvgIpc) is 2.60. The van der Waals surface area contributed by atoms with Gasteiger partial charge in [0.15, 0.2) is 0 Å². The van der Waals surface area contributed by atoms with Crippen molar-refractivity contribution in [3.8, 4) is 0 Å². The molecule has 6 nitrogen and oxygen atoms in total. The number of carboxylic acid groups (broad SMARTS) is 1. The minimum atomic E-state index is -0.876. The number of hydrogen-bond donors (Lipinski definition) is 1. The van der Waals surface area contributed by atoms with Gasteiger partial charge in [0, 0.05) is 25.9 Å². The Hall–Kier alpha value is -1.59. The van der Waals surface area contributed by atoms with Gasteiger partial charge in [-0.3, -0.25) is 14.4 Å². The van der Waals surface area contributed by atoms with Gasteiger partial charge in [-0.2, -0.15) is 0 Å². The van der Waals surface area contributed by atoms with Crippen molar-refractivity contribution in [2.24, 2.45) is 5.92 Å². The summed E-state index contributed by atoms with van der Waals surface area (Å²) in [4.78, 5) is 34.8. The number of likely N-dealkylation sites (tertiary alicyclic amines) is 1. The van der Waals surface area contributed by atoms with Crippen LogP contribution in [0.15, 0.2) is 0 Å². The van der Waals surface area contributed by atoms with Crippen LogP contribution in [0.2, 0.25) is 0 Å². The van der Waals surface area contributed by atoms with E-state index in [1.54, 1.807) is 6.92 Å². The molecule has 0 radical (unpaired) electrons. The molecule has 1 aliphatic rings. The van der Waals surface area contributed by atoms with Crippen molar-refractivity contribution >= 4 is 17.8 Å². The van der Waals surface area contributed by atoms with Crippen molar-refractivity contribution in [3.63, 3.8) is 0 Å². The van der Waals surface area contributed by atoms with Gasteiger partial charge < -0.3 is 14.7 Å². The van der Waals surface area contributed by atoms with E-state index in [0.717, 1.165) is 0 Å². The molecule has 1 saturated heterocycles. The van der Waals surface area contributed by atoms with Gasteiger partial charge in [-0.25, -0.2) is 0 Å². The maximum absolute atomic E-state index is 11.5. The molecule has 0 aliphatic carbocycles. The topological polar surface area (TPSA) is 83.9 Å². The minimum Gasteiger partial charge on any atom is -0.481 e. The summed E-state index contributed by atoms with van der Waals surface area (Å²) in [6, 6.07) is 0. The second-order valence-electron chi connectivity index (χ2n) is 3.99. The maximum atomic E-state index is 11.5. The van der Waals surface area contributed by atoms with E-state index in [2.05, 4.69) is 0 Å². The van der Waals surface area contributed by atoms with Gasteiger partial charge in [0.25, 0.3) is 0 Å². The fraction of sp³-hybridized carbons (Fsp3) is 0.727. The number of nitrogens with zero attached hydrogens (tertiary/aromatic N) is 1. The van der Waals surface area contributed by atoms with Gasteiger partial charge in [0.1, 0.15) is 0 Å². The molecule has 1 heterocycles. The number of carbonyl (C=O) groups is 3. The third kappa shape index (κ3) is 4.05. The SMILES string of the molecule is CCOC(=O)C1CC(=O)N(CCCC(=O)O)C1. The molecule has 96 valence electrons. The lowest BCUT2D eigenvalue weighted by atomic mass is 10.1.